The average Bonchev–Trinajstić information content (AvgIpc) is 3.75. The SMILES string of the molecule is CCOC(=O)CC1(C(=O)NC(Cc2ccc(-c3ccccc3)cc2)C(=O)N2CCCC2C(=O)OCc2ccccc2)CCCC1. The van der Waals surface area contributed by atoms with Gasteiger partial charge in [0.25, 0.3) is 0 Å². The lowest BCUT2D eigenvalue weighted by molar-refractivity contribution is -0.156. The first kappa shape index (κ1) is 31.9. The molecule has 0 radical (unpaired) electrons. The van der Waals surface area contributed by atoms with Gasteiger partial charge in [-0.1, -0.05) is 97.8 Å². The predicted molar refractivity (Wildman–Crippen MR) is 171 cm³/mol. The lowest BCUT2D eigenvalue weighted by atomic mass is 9.81. The standard InChI is InChI=1S/C37H42N2O6/c1-2-44-33(40)25-37(21-9-10-22-37)36(43)38-31(24-27-17-19-30(20-18-27)29-14-7-4-8-15-29)34(41)39-23-11-16-32(39)35(42)45-26-28-12-5-3-6-13-28/h3-8,12-15,17-20,31-32H,2,9-11,16,21-26H2,1H3,(H,38,43). The molecule has 45 heavy (non-hydrogen) atoms. The second kappa shape index (κ2) is 15.0. The van der Waals surface area contributed by atoms with Crippen LogP contribution in [0.2, 0.25) is 0 Å². The van der Waals surface area contributed by atoms with E-state index in [1.807, 2.05) is 84.9 Å². The number of hydrogen-bond donors (Lipinski definition) is 1. The van der Waals surface area contributed by atoms with Gasteiger partial charge in [-0.2, -0.15) is 0 Å². The summed E-state index contributed by atoms with van der Waals surface area (Å²) in [5.74, 6) is -1.49. The lowest BCUT2D eigenvalue weighted by Gasteiger charge is -2.32. The lowest BCUT2D eigenvalue weighted by Crippen LogP contribution is -2.55. The van der Waals surface area contributed by atoms with Crippen LogP contribution in [0.5, 0.6) is 0 Å². The van der Waals surface area contributed by atoms with E-state index in [0.29, 0.717) is 32.2 Å². The number of ether oxygens (including phenoxy) is 2. The van der Waals surface area contributed by atoms with Gasteiger partial charge in [-0.15, -0.1) is 0 Å². The molecule has 3 aromatic carbocycles. The number of nitrogens with one attached hydrogen (secondary N) is 1. The van der Waals surface area contributed by atoms with Crippen LogP contribution in [0.15, 0.2) is 84.9 Å². The van der Waals surface area contributed by atoms with Crippen molar-refractivity contribution in [2.45, 2.75) is 77.0 Å². The van der Waals surface area contributed by atoms with Crippen LogP contribution >= 0.6 is 0 Å². The number of likely N-dealkylation sites (tertiary alicyclic amines) is 1. The molecule has 1 aliphatic carbocycles. The molecule has 3 aromatic rings. The van der Waals surface area contributed by atoms with E-state index >= 15 is 0 Å². The normalized spacial score (nSPS) is 17.8. The van der Waals surface area contributed by atoms with E-state index in [1.165, 1.54) is 0 Å². The molecule has 0 aromatic heterocycles. The van der Waals surface area contributed by atoms with Crippen molar-refractivity contribution in [2.24, 2.45) is 5.41 Å². The minimum absolute atomic E-state index is 0.0164. The van der Waals surface area contributed by atoms with Gasteiger partial charge >= 0.3 is 11.9 Å². The Morgan fingerprint density at radius 1 is 0.822 bits per heavy atom. The number of amides is 2. The monoisotopic (exact) mass is 610 g/mol. The van der Waals surface area contributed by atoms with Crippen molar-refractivity contribution < 1.29 is 28.7 Å². The molecular formula is C37H42N2O6. The molecule has 2 atom stereocenters. The first-order valence-corrected chi connectivity index (χ1v) is 16.0. The summed E-state index contributed by atoms with van der Waals surface area (Å²) in [7, 11) is 0. The highest BCUT2D eigenvalue weighted by Crippen LogP contribution is 2.42. The maximum Gasteiger partial charge on any atom is 0.329 e. The molecule has 1 saturated carbocycles. The fourth-order valence-electron chi connectivity index (χ4n) is 6.54. The zero-order valence-electron chi connectivity index (χ0n) is 25.9. The first-order valence-electron chi connectivity index (χ1n) is 16.0. The van der Waals surface area contributed by atoms with Crippen molar-refractivity contribution in [1.29, 1.82) is 0 Å². The molecule has 1 N–H and O–H groups in total. The molecule has 1 heterocycles. The highest BCUT2D eigenvalue weighted by molar-refractivity contribution is 5.94. The molecule has 236 valence electrons. The van der Waals surface area contributed by atoms with Gasteiger partial charge < -0.3 is 19.7 Å². The van der Waals surface area contributed by atoms with Gasteiger partial charge in [0.05, 0.1) is 18.4 Å². The van der Waals surface area contributed by atoms with Crippen molar-refractivity contribution in [2.75, 3.05) is 13.2 Å². The number of nitrogens with zero attached hydrogens (tertiary/aromatic N) is 1. The minimum Gasteiger partial charge on any atom is -0.466 e. The molecule has 8 heteroatoms. The Morgan fingerprint density at radius 2 is 1.47 bits per heavy atom. The van der Waals surface area contributed by atoms with Crippen molar-refractivity contribution in [3.05, 3.63) is 96.1 Å². The van der Waals surface area contributed by atoms with Gasteiger partial charge in [0.2, 0.25) is 11.8 Å². The summed E-state index contributed by atoms with van der Waals surface area (Å²) in [5.41, 5.74) is 2.96. The zero-order valence-corrected chi connectivity index (χ0v) is 25.9. The van der Waals surface area contributed by atoms with E-state index < -0.39 is 29.4 Å². The Bertz CT molecular complexity index is 1450. The molecule has 2 unspecified atom stereocenters. The molecular weight excluding hydrogens is 568 g/mol. The predicted octanol–water partition coefficient (Wildman–Crippen LogP) is 5.63. The van der Waals surface area contributed by atoms with E-state index in [4.69, 9.17) is 9.47 Å². The molecule has 0 bridgehead atoms. The van der Waals surface area contributed by atoms with Gasteiger partial charge in [0.15, 0.2) is 0 Å². The summed E-state index contributed by atoms with van der Waals surface area (Å²) in [6.07, 6.45) is 4.16. The zero-order chi connectivity index (χ0) is 31.6. The molecule has 1 saturated heterocycles. The molecule has 5 rings (SSSR count). The molecule has 2 amide bonds. The summed E-state index contributed by atoms with van der Waals surface area (Å²) in [6.45, 7) is 2.52. The third-order valence-electron chi connectivity index (χ3n) is 8.97. The maximum atomic E-state index is 14.2. The van der Waals surface area contributed by atoms with Crippen molar-refractivity contribution >= 4 is 23.8 Å². The highest BCUT2D eigenvalue weighted by Gasteiger charge is 2.46. The Hall–Kier alpha value is -4.46. The van der Waals surface area contributed by atoms with Crippen LogP contribution in [0.1, 0.15) is 63.0 Å². The van der Waals surface area contributed by atoms with Crippen LogP contribution in [-0.4, -0.2) is 53.9 Å². The average molecular weight is 611 g/mol. The highest BCUT2D eigenvalue weighted by atomic mass is 16.5. The second-order valence-electron chi connectivity index (χ2n) is 12.0. The van der Waals surface area contributed by atoms with Crippen molar-refractivity contribution in [3.8, 4) is 11.1 Å². The first-order chi connectivity index (χ1) is 21.9. The maximum absolute atomic E-state index is 14.2. The van der Waals surface area contributed by atoms with Gasteiger partial charge in [0.1, 0.15) is 18.7 Å². The van der Waals surface area contributed by atoms with E-state index in [9.17, 15) is 19.2 Å². The summed E-state index contributed by atoms with van der Waals surface area (Å²) < 4.78 is 10.8. The van der Waals surface area contributed by atoms with Crippen LogP contribution in [0.4, 0.5) is 0 Å². The Labute approximate surface area is 265 Å². The van der Waals surface area contributed by atoms with Crippen molar-refractivity contribution in [3.63, 3.8) is 0 Å². The molecule has 1 aliphatic heterocycles. The van der Waals surface area contributed by atoms with Crippen LogP contribution in [-0.2, 0) is 41.7 Å². The number of rotatable bonds is 12. The molecule has 2 aliphatic rings. The van der Waals surface area contributed by atoms with E-state index in [-0.39, 0.29) is 37.9 Å². The summed E-state index contributed by atoms with van der Waals surface area (Å²) in [4.78, 5) is 55.5. The largest absolute Gasteiger partial charge is 0.466 e. The van der Waals surface area contributed by atoms with E-state index in [2.05, 4.69) is 5.32 Å². The van der Waals surface area contributed by atoms with Gasteiger partial charge in [0, 0.05) is 13.0 Å². The van der Waals surface area contributed by atoms with Crippen molar-refractivity contribution in [1.82, 2.24) is 10.2 Å². The fourth-order valence-corrected chi connectivity index (χ4v) is 6.54. The summed E-state index contributed by atoms with van der Waals surface area (Å²) in [5, 5.41) is 3.05. The number of benzene rings is 3. The minimum atomic E-state index is -0.916. The van der Waals surface area contributed by atoms with Gasteiger partial charge in [-0.3, -0.25) is 14.4 Å². The third-order valence-corrected chi connectivity index (χ3v) is 8.97. The summed E-state index contributed by atoms with van der Waals surface area (Å²) in [6, 6.07) is 25.8. The number of carbonyl (C=O) groups excluding carboxylic acids is 4. The number of hydrogen-bond acceptors (Lipinski definition) is 6. The second-order valence-corrected chi connectivity index (χ2v) is 12.0. The third kappa shape index (κ3) is 7.98. The topological polar surface area (TPSA) is 102 Å². The van der Waals surface area contributed by atoms with Gasteiger partial charge in [-0.25, -0.2) is 4.79 Å². The smallest absolute Gasteiger partial charge is 0.329 e. The Morgan fingerprint density at radius 3 is 2.13 bits per heavy atom. The summed E-state index contributed by atoms with van der Waals surface area (Å²) >= 11 is 0. The van der Waals surface area contributed by atoms with Crippen LogP contribution in [0.3, 0.4) is 0 Å². The van der Waals surface area contributed by atoms with Crippen LogP contribution in [0, 0.1) is 5.41 Å². The number of esters is 2. The van der Waals surface area contributed by atoms with E-state index in [0.717, 1.165) is 35.1 Å². The Balaban J connectivity index is 1.36. The number of carbonyl (C=O) groups is 4. The molecule has 0 spiro atoms. The molecule has 8 nitrogen and oxygen atoms in total. The van der Waals surface area contributed by atoms with E-state index in [1.54, 1.807) is 11.8 Å². The molecule has 2 fully saturated rings. The van der Waals surface area contributed by atoms with Gasteiger partial charge in [-0.05, 0) is 54.9 Å². The Kier molecular flexibility index (Phi) is 10.7. The van der Waals surface area contributed by atoms with Crippen LogP contribution in [0.25, 0.3) is 11.1 Å². The fraction of sp³-hybridized carbons (Fsp3) is 0.405. The van der Waals surface area contributed by atoms with Crippen LogP contribution < -0.4 is 5.32 Å². The quantitative estimate of drug-likeness (QED) is 0.267.